The molecule has 0 unspecified atom stereocenters. The molecular formula is C15H13ClN2O4. The summed E-state index contributed by atoms with van der Waals surface area (Å²) in [5, 5.41) is 10.7. The van der Waals surface area contributed by atoms with Crippen LogP contribution in [0.2, 0.25) is 5.02 Å². The summed E-state index contributed by atoms with van der Waals surface area (Å²) in [6.45, 7) is 0. The number of hydrogen-bond acceptors (Lipinski definition) is 4. The van der Waals surface area contributed by atoms with Gasteiger partial charge in [0.05, 0.1) is 4.92 Å². The van der Waals surface area contributed by atoms with Crippen LogP contribution >= 0.6 is 11.6 Å². The van der Waals surface area contributed by atoms with Crippen molar-refractivity contribution < 1.29 is 14.5 Å². The number of nitro benzene ring substituents is 1. The molecule has 0 fully saturated rings. The van der Waals surface area contributed by atoms with Gasteiger partial charge in [0.25, 0.3) is 11.6 Å². The van der Waals surface area contributed by atoms with Gasteiger partial charge in [0, 0.05) is 31.8 Å². The highest BCUT2D eigenvalue weighted by molar-refractivity contribution is 6.32. The average Bonchev–Trinajstić information content (AvgIpc) is 2.46. The lowest BCUT2D eigenvalue weighted by atomic mass is 10.2. The van der Waals surface area contributed by atoms with Gasteiger partial charge in [-0.25, -0.2) is 0 Å². The molecule has 0 aliphatic heterocycles. The summed E-state index contributed by atoms with van der Waals surface area (Å²) < 4.78 is 5.59. The Morgan fingerprint density at radius 2 is 1.86 bits per heavy atom. The molecule has 0 aromatic heterocycles. The highest BCUT2D eigenvalue weighted by atomic mass is 35.5. The van der Waals surface area contributed by atoms with Crippen molar-refractivity contribution in [3.05, 3.63) is 63.2 Å². The molecule has 0 spiro atoms. The van der Waals surface area contributed by atoms with E-state index in [2.05, 4.69) is 0 Å². The van der Waals surface area contributed by atoms with Crippen molar-refractivity contribution >= 4 is 23.2 Å². The highest BCUT2D eigenvalue weighted by Gasteiger charge is 2.13. The molecule has 0 heterocycles. The number of nitrogens with zero attached hydrogens (tertiary/aromatic N) is 2. The Labute approximate surface area is 132 Å². The molecule has 0 bridgehead atoms. The smallest absolute Gasteiger partial charge is 0.288 e. The summed E-state index contributed by atoms with van der Waals surface area (Å²) in [7, 11) is 3.32. The van der Waals surface area contributed by atoms with Gasteiger partial charge in [0.1, 0.15) is 16.5 Å². The van der Waals surface area contributed by atoms with E-state index in [9.17, 15) is 14.9 Å². The van der Waals surface area contributed by atoms with Crippen molar-refractivity contribution in [3.8, 4) is 11.5 Å². The third kappa shape index (κ3) is 3.53. The first-order valence-corrected chi connectivity index (χ1v) is 6.70. The number of ether oxygens (including phenoxy) is 1. The van der Waals surface area contributed by atoms with Crippen LogP contribution in [-0.4, -0.2) is 29.8 Å². The minimum absolute atomic E-state index is 0.0111. The Hall–Kier alpha value is -2.60. The number of halogens is 1. The normalized spacial score (nSPS) is 10.1. The van der Waals surface area contributed by atoms with Crippen LogP contribution in [0.4, 0.5) is 5.69 Å². The van der Waals surface area contributed by atoms with Crippen molar-refractivity contribution in [2.45, 2.75) is 0 Å². The van der Waals surface area contributed by atoms with Gasteiger partial charge in [0.15, 0.2) is 0 Å². The third-order valence-electron chi connectivity index (χ3n) is 2.84. The number of benzene rings is 2. The largest absolute Gasteiger partial charge is 0.457 e. The maximum absolute atomic E-state index is 11.9. The molecule has 6 nitrogen and oxygen atoms in total. The number of hydrogen-bond donors (Lipinski definition) is 0. The predicted molar refractivity (Wildman–Crippen MR) is 82.6 cm³/mol. The molecule has 0 radical (unpaired) electrons. The Morgan fingerprint density at radius 3 is 2.45 bits per heavy atom. The Balaban J connectivity index is 2.24. The molecule has 0 atom stereocenters. The van der Waals surface area contributed by atoms with Crippen LogP contribution in [0.1, 0.15) is 10.4 Å². The van der Waals surface area contributed by atoms with Gasteiger partial charge in [-0.1, -0.05) is 17.7 Å². The minimum Gasteiger partial charge on any atom is -0.457 e. The topological polar surface area (TPSA) is 72.7 Å². The lowest BCUT2D eigenvalue weighted by molar-refractivity contribution is -0.384. The molecular weight excluding hydrogens is 308 g/mol. The van der Waals surface area contributed by atoms with Crippen LogP contribution in [0.15, 0.2) is 42.5 Å². The van der Waals surface area contributed by atoms with Gasteiger partial charge in [-0.2, -0.15) is 0 Å². The molecule has 114 valence electrons. The zero-order valence-electron chi connectivity index (χ0n) is 11.9. The van der Waals surface area contributed by atoms with Crippen LogP contribution in [0.5, 0.6) is 11.5 Å². The quantitative estimate of drug-likeness (QED) is 0.635. The zero-order chi connectivity index (χ0) is 16.3. The van der Waals surface area contributed by atoms with Gasteiger partial charge in [-0.05, 0) is 24.3 Å². The lowest BCUT2D eigenvalue weighted by Gasteiger charge is -2.11. The first-order chi connectivity index (χ1) is 10.4. The van der Waals surface area contributed by atoms with Crippen LogP contribution in [0.3, 0.4) is 0 Å². The molecule has 2 rings (SSSR count). The second-order valence-electron chi connectivity index (χ2n) is 4.70. The summed E-state index contributed by atoms with van der Waals surface area (Å²) in [5.41, 5.74) is 0.293. The first kappa shape index (κ1) is 15.8. The molecule has 0 N–H and O–H groups in total. The molecule has 1 amide bonds. The first-order valence-electron chi connectivity index (χ1n) is 6.32. The molecule has 0 aliphatic carbocycles. The molecule has 0 aliphatic rings. The predicted octanol–water partition coefficient (Wildman–Crippen LogP) is 3.74. The SMILES string of the molecule is CN(C)C(=O)c1cccc(Oc2ccc([N+](=O)[O-])c(Cl)c2)c1. The Bertz CT molecular complexity index is 731. The molecule has 2 aromatic rings. The van der Waals surface area contributed by atoms with Crippen LogP contribution < -0.4 is 4.74 Å². The second-order valence-corrected chi connectivity index (χ2v) is 5.11. The van der Waals surface area contributed by atoms with Crippen molar-refractivity contribution in [1.82, 2.24) is 4.90 Å². The molecule has 2 aromatic carbocycles. The maximum atomic E-state index is 11.9. The van der Waals surface area contributed by atoms with Crippen molar-refractivity contribution in [2.75, 3.05) is 14.1 Å². The fraction of sp³-hybridized carbons (Fsp3) is 0.133. The van der Waals surface area contributed by atoms with E-state index in [0.29, 0.717) is 17.1 Å². The molecule has 7 heteroatoms. The van der Waals surface area contributed by atoms with Gasteiger partial charge >= 0.3 is 0 Å². The van der Waals surface area contributed by atoms with E-state index in [1.807, 2.05) is 0 Å². The lowest BCUT2D eigenvalue weighted by Crippen LogP contribution is -2.21. The van der Waals surface area contributed by atoms with Crippen molar-refractivity contribution in [1.29, 1.82) is 0 Å². The van der Waals surface area contributed by atoms with Gasteiger partial charge in [-0.3, -0.25) is 14.9 Å². The zero-order valence-corrected chi connectivity index (χ0v) is 12.7. The molecule has 0 saturated heterocycles. The summed E-state index contributed by atoms with van der Waals surface area (Å²) in [6.07, 6.45) is 0. The monoisotopic (exact) mass is 320 g/mol. The fourth-order valence-corrected chi connectivity index (χ4v) is 2.03. The van der Waals surface area contributed by atoms with Gasteiger partial charge in [0.2, 0.25) is 0 Å². The van der Waals surface area contributed by atoms with E-state index >= 15 is 0 Å². The molecule has 0 saturated carbocycles. The Kier molecular flexibility index (Phi) is 4.62. The number of carbonyl (C=O) groups is 1. The van der Waals surface area contributed by atoms with E-state index in [1.54, 1.807) is 38.4 Å². The average molecular weight is 321 g/mol. The van der Waals surface area contributed by atoms with E-state index < -0.39 is 4.92 Å². The van der Waals surface area contributed by atoms with Gasteiger partial charge in [-0.15, -0.1) is 0 Å². The van der Waals surface area contributed by atoms with Crippen LogP contribution in [-0.2, 0) is 0 Å². The standard InChI is InChI=1S/C15H13ClN2O4/c1-17(2)15(19)10-4-3-5-11(8-10)22-12-6-7-14(18(20)21)13(16)9-12/h3-9H,1-2H3. The molecule has 22 heavy (non-hydrogen) atoms. The maximum Gasteiger partial charge on any atom is 0.288 e. The second kappa shape index (κ2) is 6.44. The third-order valence-corrected chi connectivity index (χ3v) is 3.14. The minimum atomic E-state index is -0.567. The summed E-state index contributed by atoms with van der Waals surface area (Å²) in [4.78, 5) is 23.5. The summed E-state index contributed by atoms with van der Waals surface area (Å²) in [6, 6.07) is 10.7. The highest BCUT2D eigenvalue weighted by Crippen LogP contribution is 2.31. The summed E-state index contributed by atoms with van der Waals surface area (Å²) >= 11 is 5.83. The number of nitro groups is 1. The Morgan fingerprint density at radius 1 is 1.18 bits per heavy atom. The van der Waals surface area contributed by atoms with Crippen molar-refractivity contribution in [3.63, 3.8) is 0 Å². The van der Waals surface area contributed by atoms with Crippen molar-refractivity contribution in [2.24, 2.45) is 0 Å². The number of amides is 1. The van der Waals surface area contributed by atoms with Crippen LogP contribution in [0, 0.1) is 10.1 Å². The van der Waals surface area contributed by atoms with E-state index in [-0.39, 0.29) is 16.6 Å². The van der Waals surface area contributed by atoms with E-state index in [4.69, 9.17) is 16.3 Å². The van der Waals surface area contributed by atoms with E-state index in [1.165, 1.54) is 23.1 Å². The summed E-state index contributed by atoms with van der Waals surface area (Å²) in [5.74, 6) is 0.648. The fourth-order valence-electron chi connectivity index (χ4n) is 1.79. The van der Waals surface area contributed by atoms with E-state index in [0.717, 1.165) is 0 Å². The van der Waals surface area contributed by atoms with Gasteiger partial charge < -0.3 is 9.64 Å². The number of rotatable bonds is 4. The van der Waals surface area contributed by atoms with Crippen LogP contribution in [0.25, 0.3) is 0 Å². The number of carbonyl (C=O) groups excluding carboxylic acids is 1.